The van der Waals surface area contributed by atoms with E-state index in [-0.39, 0.29) is 25.3 Å². The van der Waals surface area contributed by atoms with Gasteiger partial charge in [0.05, 0.1) is 11.4 Å². The number of carbonyl (C=O) groups is 2. The fraction of sp³-hybridized carbons (Fsp3) is 0.129. The molecule has 0 atom stereocenters. The van der Waals surface area contributed by atoms with Gasteiger partial charge < -0.3 is 5.32 Å². The zero-order valence-corrected chi connectivity index (χ0v) is 23.1. The van der Waals surface area contributed by atoms with Crippen LogP contribution in [0.3, 0.4) is 0 Å². The number of halogens is 2. The second-order valence-electron chi connectivity index (χ2n) is 9.66. The molecule has 0 unspecified atom stereocenters. The molecule has 2 amide bonds. The van der Waals surface area contributed by atoms with Gasteiger partial charge in [-0.3, -0.25) is 14.3 Å². The van der Waals surface area contributed by atoms with E-state index in [1.165, 1.54) is 0 Å². The predicted octanol–water partition coefficient (Wildman–Crippen LogP) is 4.73. The molecule has 0 aliphatic carbocycles. The van der Waals surface area contributed by atoms with Gasteiger partial charge in [0.1, 0.15) is 0 Å². The Morgan fingerprint density at radius 1 is 0.833 bits per heavy atom. The maximum Gasteiger partial charge on any atom is 0.264 e. The van der Waals surface area contributed by atoms with Crippen molar-refractivity contribution < 1.29 is 26.8 Å². The summed E-state index contributed by atoms with van der Waals surface area (Å²) in [5.74, 6) is -3.76. The Labute approximate surface area is 241 Å². The minimum absolute atomic E-state index is 0.0555. The topological polar surface area (TPSA) is 110 Å². The van der Waals surface area contributed by atoms with Crippen LogP contribution in [0.15, 0.2) is 102 Å². The third-order valence-corrected chi connectivity index (χ3v) is 8.03. The molecule has 0 fully saturated rings. The fourth-order valence-electron chi connectivity index (χ4n) is 4.51. The summed E-state index contributed by atoms with van der Waals surface area (Å²) in [4.78, 5) is 25.4. The van der Waals surface area contributed by atoms with Crippen molar-refractivity contribution in [3.05, 3.63) is 131 Å². The first-order chi connectivity index (χ1) is 20.2. The largest absolute Gasteiger partial charge is 0.348 e. The Kier molecular flexibility index (Phi) is 8.39. The minimum atomic E-state index is -4.42. The Balaban J connectivity index is 1.31. The first-order valence-electron chi connectivity index (χ1n) is 13.0. The molecule has 0 spiro atoms. The van der Waals surface area contributed by atoms with Gasteiger partial charge in [0, 0.05) is 30.9 Å². The van der Waals surface area contributed by atoms with Gasteiger partial charge in [-0.25, -0.2) is 21.9 Å². The van der Waals surface area contributed by atoms with Crippen molar-refractivity contribution in [3.63, 3.8) is 0 Å². The van der Waals surface area contributed by atoms with E-state index in [1.807, 2.05) is 53.3 Å². The van der Waals surface area contributed by atoms with Gasteiger partial charge in [-0.05, 0) is 70.3 Å². The molecule has 11 heteroatoms. The van der Waals surface area contributed by atoms with Crippen LogP contribution in [0.25, 0.3) is 10.8 Å². The zero-order chi connectivity index (χ0) is 29.7. The molecular formula is C31H26F2N4O4S. The summed E-state index contributed by atoms with van der Waals surface area (Å²) in [5.41, 5.74) is 2.61. The number of hydrogen-bond donors (Lipinski definition) is 2. The number of carbonyl (C=O) groups excluding carboxylic acids is 2. The van der Waals surface area contributed by atoms with E-state index in [2.05, 4.69) is 10.4 Å². The van der Waals surface area contributed by atoms with Crippen molar-refractivity contribution in [1.29, 1.82) is 0 Å². The van der Waals surface area contributed by atoms with Crippen LogP contribution in [0.4, 0.5) is 8.78 Å². The number of nitrogens with one attached hydrogen (secondary N) is 2. The number of nitrogens with zero attached hydrogens (tertiary/aromatic N) is 2. The maximum absolute atomic E-state index is 13.5. The number of fused-ring (bicyclic) bond motifs is 1. The summed E-state index contributed by atoms with van der Waals surface area (Å²) in [6.07, 6.45) is 3.23. The number of aryl methyl sites for hydroxylation is 1. The van der Waals surface area contributed by atoms with E-state index < -0.39 is 32.5 Å². The van der Waals surface area contributed by atoms with Gasteiger partial charge in [-0.2, -0.15) is 5.10 Å². The highest BCUT2D eigenvalue weighted by Gasteiger charge is 2.20. The van der Waals surface area contributed by atoms with E-state index in [1.54, 1.807) is 35.3 Å². The number of aromatic nitrogens is 2. The summed E-state index contributed by atoms with van der Waals surface area (Å²) >= 11 is 0. The number of benzene rings is 4. The molecule has 0 aliphatic rings. The van der Waals surface area contributed by atoms with Crippen LogP contribution in [-0.4, -0.2) is 30.0 Å². The normalized spacial score (nSPS) is 11.4. The lowest BCUT2D eigenvalue weighted by molar-refractivity contribution is -0.119. The second-order valence-corrected chi connectivity index (χ2v) is 11.3. The molecule has 0 saturated carbocycles. The van der Waals surface area contributed by atoms with Crippen molar-refractivity contribution >= 4 is 32.6 Å². The third kappa shape index (κ3) is 6.87. The minimum Gasteiger partial charge on any atom is -0.348 e. The zero-order valence-electron chi connectivity index (χ0n) is 22.3. The molecule has 42 heavy (non-hydrogen) atoms. The molecule has 0 saturated heterocycles. The predicted molar refractivity (Wildman–Crippen MR) is 153 cm³/mol. The van der Waals surface area contributed by atoms with Gasteiger partial charge in [0.15, 0.2) is 11.6 Å². The van der Waals surface area contributed by atoms with Crippen LogP contribution in [0.5, 0.6) is 0 Å². The van der Waals surface area contributed by atoms with Crippen molar-refractivity contribution in [2.45, 2.75) is 30.8 Å². The van der Waals surface area contributed by atoms with Crippen LogP contribution in [0.2, 0.25) is 0 Å². The Morgan fingerprint density at radius 2 is 1.62 bits per heavy atom. The highest BCUT2D eigenvalue weighted by molar-refractivity contribution is 7.90. The molecule has 5 rings (SSSR count). The van der Waals surface area contributed by atoms with Crippen molar-refractivity contribution in [3.8, 4) is 0 Å². The molecule has 8 nitrogen and oxygen atoms in total. The van der Waals surface area contributed by atoms with E-state index >= 15 is 0 Å². The lowest BCUT2D eigenvalue weighted by Crippen LogP contribution is -2.31. The molecule has 4 aromatic carbocycles. The van der Waals surface area contributed by atoms with Crippen molar-refractivity contribution in [1.82, 2.24) is 19.8 Å². The van der Waals surface area contributed by atoms with Crippen LogP contribution < -0.4 is 10.0 Å². The first kappa shape index (κ1) is 28.6. The van der Waals surface area contributed by atoms with Crippen molar-refractivity contribution in [2.24, 2.45) is 0 Å². The second kappa shape index (κ2) is 12.3. The molecule has 5 aromatic rings. The quantitative estimate of drug-likeness (QED) is 0.245. The lowest BCUT2D eigenvalue weighted by Gasteiger charge is -2.13. The van der Waals surface area contributed by atoms with Gasteiger partial charge in [-0.15, -0.1) is 0 Å². The average molecular weight is 589 g/mol. The molecule has 2 N–H and O–H groups in total. The van der Waals surface area contributed by atoms with E-state index in [0.29, 0.717) is 29.8 Å². The molecular weight excluding hydrogens is 562 g/mol. The Morgan fingerprint density at radius 3 is 2.38 bits per heavy atom. The van der Waals surface area contributed by atoms with Crippen molar-refractivity contribution in [2.75, 3.05) is 0 Å². The summed E-state index contributed by atoms with van der Waals surface area (Å²) < 4.78 is 55.3. The van der Waals surface area contributed by atoms with Gasteiger partial charge >= 0.3 is 0 Å². The highest BCUT2D eigenvalue weighted by atomic mass is 32.2. The monoisotopic (exact) mass is 588 g/mol. The molecule has 214 valence electrons. The molecule has 1 aromatic heterocycles. The van der Waals surface area contributed by atoms with E-state index in [9.17, 15) is 26.8 Å². The number of rotatable bonds is 10. The number of sulfonamides is 1. The van der Waals surface area contributed by atoms with Crippen LogP contribution >= 0.6 is 0 Å². The van der Waals surface area contributed by atoms with Crippen LogP contribution in [-0.2, 0) is 34.3 Å². The SMILES string of the molecule is O=C(CCc1ccc(Cn2cccn2)cc1C(=O)NCc1ccc2ccccc2c1)NS(=O)(=O)c1ccc(F)c(F)c1. The Bertz CT molecular complexity index is 1880. The van der Waals surface area contributed by atoms with Gasteiger partial charge in [0.25, 0.3) is 15.9 Å². The molecule has 0 bridgehead atoms. The molecule has 0 radical (unpaired) electrons. The van der Waals surface area contributed by atoms with Gasteiger partial charge in [0.2, 0.25) is 5.91 Å². The first-order valence-corrected chi connectivity index (χ1v) is 14.5. The smallest absolute Gasteiger partial charge is 0.264 e. The summed E-state index contributed by atoms with van der Waals surface area (Å²) in [7, 11) is -4.42. The van der Waals surface area contributed by atoms with Gasteiger partial charge in [-0.1, -0.05) is 48.5 Å². The average Bonchev–Trinajstić information content (AvgIpc) is 3.49. The highest BCUT2D eigenvalue weighted by Crippen LogP contribution is 2.19. The maximum atomic E-state index is 13.5. The third-order valence-electron chi connectivity index (χ3n) is 6.66. The molecule has 0 aliphatic heterocycles. The molecule has 1 heterocycles. The van der Waals surface area contributed by atoms with E-state index in [4.69, 9.17) is 0 Å². The summed E-state index contributed by atoms with van der Waals surface area (Å²) in [6.45, 7) is 0.699. The lowest BCUT2D eigenvalue weighted by atomic mass is 9.99. The fourth-order valence-corrected chi connectivity index (χ4v) is 5.54. The van der Waals surface area contributed by atoms with Crippen LogP contribution in [0, 0.1) is 11.6 Å². The standard InChI is InChI=1S/C31H26F2N4O4S/c32-28-12-11-26(18-29(28)33)42(40,41)36-30(38)13-10-24-9-7-22(20-37-15-3-14-35-37)17-27(24)31(39)34-19-21-6-8-23-4-1-2-5-25(23)16-21/h1-9,11-12,14-18H,10,13,19-20H2,(H,34,39)(H,36,38). The number of amides is 2. The summed E-state index contributed by atoms with van der Waals surface area (Å²) in [6, 6.07) is 22.9. The van der Waals surface area contributed by atoms with Crippen LogP contribution in [0.1, 0.15) is 33.5 Å². The number of hydrogen-bond acceptors (Lipinski definition) is 5. The van der Waals surface area contributed by atoms with E-state index in [0.717, 1.165) is 28.0 Å². The summed E-state index contributed by atoms with van der Waals surface area (Å²) in [5, 5.41) is 9.28. The Hall–Kier alpha value is -4.90.